The van der Waals surface area contributed by atoms with Crippen molar-refractivity contribution in [1.82, 2.24) is 9.88 Å². The van der Waals surface area contributed by atoms with Crippen molar-refractivity contribution in [1.29, 1.82) is 0 Å². The average Bonchev–Trinajstić information content (AvgIpc) is 2.70. The van der Waals surface area contributed by atoms with E-state index in [0.717, 1.165) is 18.0 Å². The first-order valence-corrected chi connectivity index (χ1v) is 7.77. The number of pyridine rings is 1. The zero-order valence-electron chi connectivity index (χ0n) is 11.1. The molecule has 1 aromatic heterocycles. The maximum absolute atomic E-state index is 13.2. The van der Waals surface area contributed by atoms with Gasteiger partial charge in [-0.3, -0.25) is 14.5 Å². The van der Waals surface area contributed by atoms with Crippen LogP contribution in [0.4, 0.5) is 4.39 Å². The largest absolute Gasteiger partial charge is 0.481 e. The highest BCUT2D eigenvalue weighted by atomic mass is 35.5. The summed E-state index contributed by atoms with van der Waals surface area (Å²) in [6.07, 6.45) is 2.67. The summed E-state index contributed by atoms with van der Waals surface area (Å²) >= 11 is 12.0. The Morgan fingerprint density at radius 2 is 2.32 bits per heavy atom. The van der Waals surface area contributed by atoms with Crippen LogP contribution in [0.5, 0.6) is 0 Å². The molecule has 0 unspecified atom stereocenters. The number of carbonyl (C=O) groups is 2. The molecule has 2 rings (SSSR count). The number of carbonyl (C=O) groups excluding carboxylic acids is 1. The van der Waals surface area contributed by atoms with Gasteiger partial charge in [0.2, 0.25) is 0 Å². The lowest BCUT2D eigenvalue weighted by atomic mass is 10.2. The summed E-state index contributed by atoms with van der Waals surface area (Å²) in [5.41, 5.74) is 0.285. The molecule has 0 aromatic carbocycles. The molecule has 1 aliphatic heterocycles. The van der Waals surface area contributed by atoms with Crippen LogP contribution in [-0.2, 0) is 9.59 Å². The van der Waals surface area contributed by atoms with Gasteiger partial charge in [-0.2, -0.15) is 0 Å². The summed E-state index contributed by atoms with van der Waals surface area (Å²) in [6, 6.07) is 1.17. The van der Waals surface area contributed by atoms with E-state index in [-0.39, 0.29) is 29.6 Å². The number of carboxylic acid groups (broad SMARTS) is 1. The van der Waals surface area contributed by atoms with E-state index in [2.05, 4.69) is 4.98 Å². The van der Waals surface area contributed by atoms with Gasteiger partial charge in [-0.25, -0.2) is 9.37 Å². The molecule has 22 heavy (non-hydrogen) atoms. The molecule has 0 saturated carbocycles. The number of rotatable bonds is 5. The van der Waals surface area contributed by atoms with Gasteiger partial charge in [0.1, 0.15) is 15.3 Å². The molecule has 1 aromatic rings. The highest BCUT2D eigenvalue weighted by Crippen LogP contribution is 2.33. The number of hydrogen-bond acceptors (Lipinski definition) is 5. The zero-order chi connectivity index (χ0) is 16.3. The number of nitrogens with zero attached hydrogens (tertiary/aromatic N) is 2. The lowest BCUT2D eigenvalue weighted by Crippen LogP contribution is -2.29. The monoisotopic (exact) mass is 360 g/mol. The summed E-state index contributed by atoms with van der Waals surface area (Å²) in [4.78, 5) is 28.0. The Bertz CT molecular complexity index is 681. The van der Waals surface area contributed by atoms with Crippen LogP contribution in [0.25, 0.3) is 6.08 Å². The minimum Gasteiger partial charge on any atom is -0.481 e. The maximum atomic E-state index is 13.2. The Kier molecular flexibility index (Phi) is 5.49. The quantitative estimate of drug-likeness (QED) is 0.494. The first-order chi connectivity index (χ1) is 10.4. The number of hydrogen-bond donors (Lipinski definition) is 1. The molecule has 1 aliphatic rings. The topological polar surface area (TPSA) is 70.5 Å². The summed E-state index contributed by atoms with van der Waals surface area (Å²) in [7, 11) is 0. The van der Waals surface area contributed by atoms with Gasteiger partial charge >= 0.3 is 5.97 Å². The van der Waals surface area contributed by atoms with Crippen LogP contribution in [-0.4, -0.2) is 37.7 Å². The molecule has 2 heterocycles. The molecule has 1 fully saturated rings. The Labute approximate surface area is 140 Å². The van der Waals surface area contributed by atoms with Crippen molar-refractivity contribution in [3.05, 3.63) is 33.7 Å². The maximum Gasteiger partial charge on any atom is 0.303 e. The Morgan fingerprint density at radius 3 is 3.00 bits per heavy atom. The first kappa shape index (κ1) is 16.9. The molecular weight excluding hydrogens is 351 g/mol. The van der Waals surface area contributed by atoms with Crippen LogP contribution < -0.4 is 0 Å². The predicted molar refractivity (Wildman–Crippen MR) is 86.0 cm³/mol. The Hall–Kier alpha value is -1.51. The molecule has 5 nitrogen and oxygen atoms in total. The van der Waals surface area contributed by atoms with Gasteiger partial charge in [0, 0.05) is 18.5 Å². The van der Waals surface area contributed by atoms with Crippen molar-refractivity contribution in [3.63, 3.8) is 0 Å². The van der Waals surface area contributed by atoms with Crippen molar-refractivity contribution in [3.8, 4) is 0 Å². The smallest absolute Gasteiger partial charge is 0.303 e. The van der Waals surface area contributed by atoms with Gasteiger partial charge in [0.25, 0.3) is 5.91 Å². The van der Waals surface area contributed by atoms with Crippen molar-refractivity contribution < 1.29 is 19.1 Å². The van der Waals surface area contributed by atoms with E-state index < -0.39 is 11.8 Å². The molecule has 9 heteroatoms. The van der Waals surface area contributed by atoms with Gasteiger partial charge in [-0.1, -0.05) is 35.6 Å². The van der Waals surface area contributed by atoms with Gasteiger partial charge in [0.15, 0.2) is 0 Å². The normalized spacial score (nSPS) is 16.6. The van der Waals surface area contributed by atoms with Crippen LogP contribution in [0, 0.1) is 5.82 Å². The molecule has 0 bridgehead atoms. The third-order valence-electron chi connectivity index (χ3n) is 2.77. The van der Waals surface area contributed by atoms with Crippen LogP contribution in [0.3, 0.4) is 0 Å². The fraction of sp³-hybridized carbons (Fsp3) is 0.231. The molecule has 116 valence electrons. The minimum atomic E-state index is -0.932. The van der Waals surface area contributed by atoms with E-state index in [9.17, 15) is 14.0 Å². The van der Waals surface area contributed by atoms with Crippen molar-refractivity contribution in [2.45, 2.75) is 12.8 Å². The summed E-state index contributed by atoms with van der Waals surface area (Å²) in [5.74, 6) is -1.84. The summed E-state index contributed by atoms with van der Waals surface area (Å²) in [5, 5.41) is 8.69. The van der Waals surface area contributed by atoms with E-state index in [1.807, 2.05) is 0 Å². The van der Waals surface area contributed by atoms with Gasteiger partial charge in [0.05, 0.1) is 11.1 Å². The second-order valence-corrected chi connectivity index (χ2v) is 6.40. The molecule has 1 amide bonds. The predicted octanol–water partition coefficient (Wildman–Crippen LogP) is 2.94. The number of aromatic nitrogens is 1. The van der Waals surface area contributed by atoms with Crippen molar-refractivity contribution >= 4 is 57.9 Å². The van der Waals surface area contributed by atoms with Crippen LogP contribution in [0.1, 0.15) is 18.4 Å². The summed E-state index contributed by atoms with van der Waals surface area (Å²) in [6.45, 7) is 0.226. The zero-order valence-corrected chi connectivity index (χ0v) is 13.5. The first-order valence-electron chi connectivity index (χ1n) is 6.16. The lowest BCUT2D eigenvalue weighted by molar-refractivity contribution is -0.137. The van der Waals surface area contributed by atoms with E-state index in [1.165, 1.54) is 17.0 Å². The van der Waals surface area contributed by atoms with Crippen molar-refractivity contribution in [2.24, 2.45) is 0 Å². The van der Waals surface area contributed by atoms with E-state index in [4.69, 9.17) is 28.9 Å². The lowest BCUT2D eigenvalue weighted by Gasteiger charge is -2.13. The second-order valence-electron chi connectivity index (χ2n) is 4.36. The van der Waals surface area contributed by atoms with E-state index in [1.54, 1.807) is 0 Å². The Balaban J connectivity index is 2.15. The number of halogens is 2. The number of thioether (sulfide) groups is 1. The van der Waals surface area contributed by atoms with Gasteiger partial charge in [-0.15, -0.1) is 0 Å². The molecule has 0 aliphatic carbocycles. The molecule has 0 spiro atoms. The van der Waals surface area contributed by atoms with E-state index in [0.29, 0.717) is 15.6 Å². The number of thiocarbonyl (C=S) groups is 1. The molecule has 0 radical (unpaired) electrons. The fourth-order valence-corrected chi connectivity index (χ4v) is 3.22. The third-order valence-corrected chi connectivity index (χ3v) is 4.46. The second kappa shape index (κ2) is 7.17. The minimum absolute atomic E-state index is 0.0459. The fourth-order valence-electron chi connectivity index (χ4n) is 1.76. The van der Waals surface area contributed by atoms with Crippen LogP contribution in [0.2, 0.25) is 5.15 Å². The molecule has 0 atom stereocenters. The number of aliphatic carboxylic acids is 1. The van der Waals surface area contributed by atoms with Crippen molar-refractivity contribution in [2.75, 3.05) is 6.54 Å². The van der Waals surface area contributed by atoms with Crippen LogP contribution in [0.15, 0.2) is 17.2 Å². The standard InChI is InChI=1S/C13H10ClFN2O3S2/c14-11-7(4-8(15)6-16-11)5-9-12(20)17(13(21)22-9)3-1-2-10(18)19/h4-6H,1-3H2,(H,18,19)/b9-5-. The highest BCUT2D eigenvalue weighted by molar-refractivity contribution is 8.26. The van der Waals surface area contributed by atoms with Gasteiger partial charge < -0.3 is 5.11 Å². The summed E-state index contributed by atoms with van der Waals surface area (Å²) < 4.78 is 13.5. The SMILES string of the molecule is O=C(O)CCCN1C(=O)/C(=C/c2cc(F)cnc2Cl)SC1=S. The Morgan fingerprint density at radius 1 is 1.59 bits per heavy atom. The van der Waals surface area contributed by atoms with Crippen LogP contribution >= 0.6 is 35.6 Å². The molecule has 1 saturated heterocycles. The highest BCUT2D eigenvalue weighted by Gasteiger charge is 2.31. The average molecular weight is 361 g/mol. The number of carboxylic acids is 1. The third kappa shape index (κ3) is 4.02. The number of amides is 1. The molecule has 1 N–H and O–H groups in total. The van der Waals surface area contributed by atoms with E-state index >= 15 is 0 Å². The van der Waals surface area contributed by atoms with Gasteiger partial charge in [-0.05, 0) is 18.6 Å². The molecular formula is C13H10ClFN2O3S2.